The fourth-order valence-electron chi connectivity index (χ4n) is 3.77. The van der Waals surface area contributed by atoms with Gasteiger partial charge in [-0.3, -0.25) is 9.59 Å². The number of carbonyl (C=O) groups excluding carboxylic acids is 1. The summed E-state index contributed by atoms with van der Waals surface area (Å²) in [5.41, 5.74) is 3.65. The summed E-state index contributed by atoms with van der Waals surface area (Å²) >= 11 is 7.27. The van der Waals surface area contributed by atoms with Gasteiger partial charge in [-0.15, -0.1) is 11.3 Å². The molecular formula is C22H24ClN5O2S. The summed E-state index contributed by atoms with van der Waals surface area (Å²) in [6.45, 7) is 8.32. The average Bonchev–Trinajstić information content (AvgIpc) is 3.14. The normalized spacial score (nSPS) is 14.2. The van der Waals surface area contributed by atoms with Gasteiger partial charge >= 0.3 is 0 Å². The summed E-state index contributed by atoms with van der Waals surface area (Å²) in [4.78, 5) is 35.2. The van der Waals surface area contributed by atoms with Gasteiger partial charge in [0.05, 0.1) is 17.0 Å². The lowest BCUT2D eigenvalue weighted by Crippen LogP contribution is -2.48. The molecule has 4 rings (SSSR count). The van der Waals surface area contributed by atoms with Crippen LogP contribution in [0.2, 0.25) is 5.02 Å². The number of halogens is 1. The topological polar surface area (TPSA) is 71.3 Å². The number of aromatic nitrogens is 3. The molecule has 3 heterocycles. The highest BCUT2D eigenvalue weighted by atomic mass is 35.5. The highest BCUT2D eigenvalue weighted by Gasteiger charge is 2.27. The minimum atomic E-state index is -0.201. The number of piperazine rings is 1. The van der Waals surface area contributed by atoms with Gasteiger partial charge in [-0.05, 0) is 50.6 Å². The van der Waals surface area contributed by atoms with Crippen LogP contribution < -0.4 is 10.5 Å². The largest absolute Gasteiger partial charge is 0.368 e. The van der Waals surface area contributed by atoms with E-state index in [0.717, 1.165) is 30.0 Å². The number of carbonyl (C=O) groups is 1. The summed E-state index contributed by atoms with van der Waals surface area (Å²) in [5, 5.41) is 5.51. The second-order valence-electron chi connectivity index (χ2n) is 7.70. The van der Waals surface area contributed by atoms with Crippen LogP contribution >= 0.6 is 22.9 Å². The monoisotopic (exact) mass is 457 g/mol. The second kappa shape index (κ2) is 8.43. The standard InChI is InChI=1S/C22H24ClN5O2S/c1-13-14(2)25-26(4)21(29)18(13)20-24-15(3)19(31-20)22(30)28-11-9-27(10-12-28)17-7-5-16(23)6-8-17/h5-8H,9-12H2,1-4H3. The van der Waals surface area contributed by atoms with Crippen molar-refractivity contribution in [2.75, 3.05) is 31.1 Å². The summed E-state index contributed by atoms with van der Waals surface area (Å²) < 4.78 is 1.33. The molecule has 0 unspecified atom stereocenters. The Bertz CT molecular complexity index is 1190. The Morgan fingerprint density at radius 3 is 2.32 bits per heavy atom. The van der Waals surface area contributed by atoms with Crippen LogP contribution in [0.3, 0.4) is 0 Å². The zero-order chi connectivity index (χ0) is 22.3. The van der Waals surface area contributed by atoms with E-state index in [-0.39, 0.29) is 11.5 Å². The van der Waals surface area contributed by atoms with Gasteiger partial charge < -0.3 is 9.80 Å². The molecule has 0 saturated carbocycles. The van der Waals surface area contributed by atoms with Crippen molar-refractivity contribution in [1.29, 1.82) is 0 Å². The van der Waals surface area contributed by atoms with Gasteiger partial charge in [-0.2, -0.15) is 5.10 Å². The summed E-state index contributed by atoms with van der Waals surface area (Å²) in [6.07, 6.45) is 0. The fraction of sp³-hybridized carbons (Fsp3) is 0.364. The third-order valence-electron chi connectivity index (χ3n) is 5.69. The Kier molecular flexibility index (Phi) is 5.85. The molecule has 0 spiro atoms. The van der Waals surface area contributed by atoms with Crippen LogP contribution in [0.5, 0.6) is 0 Å². The maximum absolute atomic E-state index is 13.2. The van der Waals surface area contributed by atoms with Gasteiger partial charge in [-0.1, -0.05) is 11.6 Å². The van der Waals surface area contributed by atoms with Crippen molar-refractivity contribution < 1.29 is 4.79 Å². The molecule has 3 aromatic rings. The first-order chi connectivity index (χ1) is 14.8. The van der Waals surface area contributed by atoms with E-state index in [1.54, 1.807) is 7.05 Å². The predicted molar refractivity (Wildman–Crippen MR) is 124 cm³/mol. The first-order valence-electron chi connectivity index (χ1n) is 10.1. The Hall–Kier alpha value is -2.71. The first kappa shape index (κ1) is 21.5. The second-order valence-corrected chi connectivity index (χ2v) is 9.14. The molecule has 0 aliphatic carbocycles. The molecule has 31 heavy (non-hydrogen) atoms. The van der Waals surface area contributed by atoms with E-state index in [2.05, 4.69) is 15.0 Å². The number of anilines is 1. The number of hydrogen-bond acceptors (Lipinski definition) is 6. The van der Waals surface area contributed by atoms with Gasteiger partial charge in [0.25, 0.3) is 11.5 Å². The minimum absolute atomic E-state index is 0.0303. The van der Waals surface area contributed by atoms with Gasteiger partial charge in [0, 0.05) is 43.9 Å². The average molecular weight is 458 g/mol. The van der Waals surface area contributed by atoms with Crippen LogP contribution in [0.15, 0.2) is 29.1 Å². The first-order valence-corrected chi connectivity index (χ1v) is 11.3. The van der Waals surface area contributed by atoms with Crippen molar-refractivity contribution >= 4 is 34.5 Å². The van der Waals surface area contributed by atoms with Crippen molar-refractivity contribution in [3.63, 3.8) is 0 Å². The Morgan fingerprint density at radius 2 is 1.68 bits per heavy atom. The van der Waals surface area contributed by atoms with Crippen molar-refractivity contribution in [2.24, 2.45) is 7.05 Å². The quantitative estimate of drug-likeness (QED) is 0.602. The molecule has 1 saturated heterocycles. The Labute approximate surface area is 189 Å². The minimum Gasteiger partial charge on any atom is -0.368 e. The number of thiazole rings is 1. The molecule has 1 aromatic carbocycles. The van der Waals surface area contributed by atoms with E-state index in [4.69, 9.17) is 11.6 Å². The van der Waals surface area contributed by atoms with Crippen LogP contribution in [-0.2, 0) is 7.05 Å². The molecule has 0 N–H and O–H groups in total. The molecule has 0 atom stereocenters. The van der Waals surface area contributed by atoms with Crippen molar-refractivity contribution in [2.45, 2.75) is 20.8 Å². The van der Waals surface area contributed by atoms with E-state index >= 15 is 0 Å². The maximum Gasteiger partial charge on any atom is 0.277 e. The molecule has 9 heteroatoms. The predicted octanol–water partition coefficient (Wildman–Crippen LogP) is 3.44. The zero-order valence-corrected chi connectivity index (χ0v) is 19.5. The third-order valence-corrected chi connectivity index (χ3v) is 7.10. The fourth-order valence-corrected chi connectivity index (χ4v) is 5.02. The Morgan fingerprint density at radius 1 is 1.03 bits per heavy atom. The molecule has 1 aliphatic heterocycles. The lowest BCUT2D eigenvalue weighted by atomic mass is 10.1. The molecule has 0 radical (unpaired) electrons. The van der Waals surface area contributed by atoms with Crippen LogP contribution in [0.4, 0.5) is 5.69 Å². The summed E-state index contributed by atoms with van der Waals surface area (Å²) in [6, 6.07) is 7.76. The molecule has 7 nitrogen and oxygen atoms in total. The molecule has 0 bridgehead atoms. The number of amides is 1. The number of rotatable bonds is 3. The smallest absolute Gasteiger partial charge is 0.277 e. The highest BCUT2D eigenvalue weighted by molar-refractivity contribution is 7.17. The molecule has 1 fully saturated rings. The SMILES string of the molecule is Cc1nc(-c2c(C)c(C)nn(C)c2=O)sc1C(=O)N1CCN(c2ccc(Cl)cc2)CC1. The van der Waals surface area contributed by atoms with Gasteiger partial charge in [0.2, 0.25) is 0 Å². The number of hydrogen-bond donors (Lipinski definition) is 0. The Balaban J connectivity index is 1.54. The third kappa shape index (κ3) is 4.09. The van der Waals surface area contributed by atoms with Gasteiger partial charge in [0.1, 0.15) is 9.88 Å². The van der Waals surface area contributed by atoms with E-state index in [1.165, 1.54) is 16.0 Å². The highest BCUT2D eigenvalue weighted by Crippen LogP contribution is 2.30. The van der Waals surface area contributed by atoms with Crippen molar-refractivity contribution in [3.05, 3.63) is 61.5 Å². The van der Waals surface area contributed by atoms with Crippen LogP contribution in [0.1, 0.15) is 26.6 Å². The number of benzene rings is 1. The van der Waals surface area contributed by atoms with Crippen LogP contribution in [0, 0.1) is 20.8 Å². The van der Waals surface area contributed by atoms with E-state index < -0.39 is 0 Å². The lowest BCUT2D eigenvalue weighted by Gasteiger charge is -2.36. The summed E-state index contributed by atoms with van der Waals surface area (Å²) in [5.74, 6) is -0.0303. The van der Waals surface area contributed by atoms with E-state index in [9.17, 15) is 9.59 Å². The van der Waals surface area contributed by atoms with Crippen molar-refractivity contribution in [1.82, 2.24) is 19.7 Å². The molecular weight excluding hydrogens is 434 g/mol. The number of nitrogens with zero attached hydrogens (tertiary/aromatic N) is 5. The maximum atomic E-state index is 13.2. The molecule has 1 amide bonds. The van der Waals surface area contributed by atoms with E-state index in [0.29, 0.717) is 39.3 Å². The zero-order valence-electron chi connectivity index (χ0n) is 18.0. The number of aryl methyl sites for hydroxylation is 3. The van der Waals surface area contributed by atoms with Crippen LogP contribution in [0.25, 0.3) is 10.6 Å². The van der Waals surface area contributed by atoms with Crippen molar-refractivity contribution in [3.8, 4) is 10.6 Å². The van der Waals surface area contributed by atoms with Crippen LogP contribution in [-0.4, -0.2) is 51.8 Å². The molecule has 1 aliphatic rings. The molecule has 2 aromatic heterocycles. The van der Waals surface area contributed by atoms with E-state index in [1.807, 2.05) is 49.9 Å². The van der Waals surface area contributed by atoms with Gasteiger partial charge in [0.15, 0.2) is 0 Å². The molecule has 162 valence electrons. The van der Waals surface area contributed by atoms with Gasteiger partial charge in [-0.25, -0.2) is 9.67 Å². The summed E-state index contributed by atoms with van der Waals surface area (Å²) in [7, 11) is 1.63. The lowest BCUT2D eigenvalue weighted by molar-refractivity contribution is 0.0750.